The molecular weight excluding hydrogens is 352 g/mol. The normalized spacial score (nSPS) is 23.7. The summed E-state index contributed by atoms with van der Waals surface area (Å²) < 4.78 is 38.8. The maximum absolute atomic E-state index is 12.9. The van der Waals surface area contributed by atoms with Gasteiger partial charge in [-0.3, -0.25) is 5.32 Å². The quantitative estimate of drug-likeness (QED) is 0.623. The highest BCUT2D eigenvalue weighted by molar-refractivity contribution is 14.1. The van der Waals surface area contributed by atoms with Crippen LogP contribution in [0.3, 0.4) is 0 Å². The number of carbonyl (C=O) groups is 1. The number of carbonyl (C=O) groups excluding carboxylic acids is 1. The number of benzene rings is 1. The summed E-state index contributed by atoms with van der Waals surface area (Å²) in [4.78, 5) is 11.1. The van der Waals surface area contributed by atoms with Gasteiger partial charge in [0.25, 0.3) is 5.72 Å². The molecule has 3 N–H and O–H groups in total. The van der Waals surface area contributed by atoms with E-state index in [1.54, 1.807) is 22.6 Å². The summed E-state index contributed by atoms with van der Waals surface area (Å²) in [7, 11) is 0. The fourth-order valence-electron chi connectivity index (χ4n) is 1.59. The van der Waals surface area contributed by atoms with Crippen molar-refractivity contribution >= 4 is 34.3 Å². The zero-order valence-electron chi connectivity index (χ0n) is 8.10. The lowest BCUT2D eigenvalue weighted by molar-refractivity contribution is -0.275. The molecular formula is C9H6F3IN2O2. The van der Waals surface area contributed by atoms with Crippen LogP contribution in [0, 0.1) is 3.57 Å². The number of nitrogens with one attached hydrogen (secondary N) is 2. The number of urea groups is 1. The number of fused-ring (bicyclic) bond motifs is 1. The number of hydrogen-bond donors (Lipinski definition) is 3. The van der Waals surface area contributed by atoms with Crippen molar-refractivity contribution in [3.8, 4) is 0 Å². The van der Waals surface area contributed by atoms with E-state index in [9.17, 15) is 23.1 Å². The maximum atomic E-state index is 12.9. The zero-order chi connectivity index (χ0) is 12.8. The Hall–Kier alpha value is -1.03. The highest BCUT2D eigenvalue weighted by Gasteiger charge is 2.59. The topological polar surface area (TPSA) is 61.4 Å². The summed E-state index contributed by atoms with van der Waals surface area (Å²) in [6.07, 6.45) is -5.00. The van der Waals surface area contributed by atoms with Crippen LogP contribution in [0.1, 0.15) is 5.56 Å². The van der Waals surface area contributed by atoms with Gasteiger partial charge in [0, 0.05) is 3.57 Å². The van der Waals surface area contributed by atoms with Crippen molar-refractivity contribution in [3.05, 3.63) is 27.3 Å². The molecule has 1 unspecified atom stereocenters. The molecule has 0 saturated heterocycles. The molecule has 0 spiro atoms. The Balaban J connectivity index is 2.70. The maximum Gasteiger partial charge on any atom is 0.441 e. The van der Waals surface area contributed by atoms with E-state index >= 15 is 0 Å². The SMILES string of the molecule is O=C1Nc2cccc(I)c2C(O)(C(F)(F)F)N1. The molecule has 1 aliphatic heterocycles. The van der Waals surface area contributed by atoms with E-state index in [0.29, 0.717) is 0 Å². The van der Waals surface area contributed by atoms with Crippen LogP contribution in [-0.2, 0) is 5.72 Å². The van der Waals surface area contributed by atoms with Crippen molar-refractivity contribution in [2.45, 2.75) is 11.9 Å². The van der Waals surface area contributed by atoms with Crippen LogP contribution in [0.4, 0.5) is 23.7 Å². The first-order valence-corrected chi connectivity index (χ1v) is 5.51. The van der Waals surface area contributed by atoms with Gasteiger partial charge in [-0.25, -0.2) is 4.79 Å². The Morgan fingerprint density at radius 2 is 2.00 bits per heavy atom. The molecule has 1 heterocycles. The molecule has 0 fully saturated rings. The summed E-state index contributed by atoms with van der Waals surface area (Å²) >= 11 is 1.66. The van der Waals surface area contributed by atoms with Gasteiger partial charge in [0.15, 0.2) is 0 Å². The predicted octanol–water partition coefficient (Wildman–Crippen LogP) is 2.13. The van der Waals surface area contributed by atoms with Crippen LogP contribution >= 0.6 is 22.6 Å². The summed E-state index contributed by atoms with van der Waals surface area (Å²) in [6.45, 7) is 0. The van der Waals surface area contributed by atoms with Gasteiger partial charge in [-0.05, 0) is 34.7 Å². The standard InChI is InChI=1S/C9H6F3IN2O2/c10-9(11,12)8(17)6-4(13)2-1-3-5(6)14-7(16)15-8/h1-3,17H,(H2,14,15,16). The third kappa shape index (κ3) is 1.84. The van der Waals surface area contributed by atoms with Crippen LogP contribution in [0.5, 0.6) is 0 Å². The fourth-order valence-corrected chi connectivity index (χ4v) is 2.48. The molecule has 2 amide bonds. The summed E-state index contributed by atoms with van der Waals surface area (Å²) in [5.74, 6) is 0. The largest absolute Gasteiger partial charge is 0.441 e. The van der Waals surface area contributed by atoms with E-state index in [2.05, 4.69) is 5.32 Å². The van der Waals surface area contributed by atoms with E-state index in [4.69, 9.17) is 0 Å². The highest BCUT2D eigenvalue weighted by atomic mass is 127. The number of rotatable bonds is 0. The van der Waals surface area contributed by atoms with E-state index in [0.717, 1.165) is 0 Å². The smallest absolute Gasteiger partial charge is 0.360 e. The van der Waals surface area contributed by atoms with Crippen LogP contribution < -0.4 is 10.6 Å². The molecule has 4 nitrogen and oxygen atoms in total. The van der Waals surface area contributed by atoms with Gasteiger partial charge in [-0.2, -0.15) is 13.2 Å². The summed E-state index contributed by atoms with van der Waals surface area (Å²) in [6, 6.07) is 3.10. The number of alkyl halides is 3. The fraction of sp³-hybridized carbons (Fsp3) is 0.222. The lowest BCUT2D eigenvalue weighted by Gasteiger charge is -2.37. The minimum absolute atomic E-state index is 0.0551. The van der Waals surface area contributed by atoms with Crippen LogP contribution in [0.15, 0.2) is 18.2 Å². The second kappa shape index (κ2) is 3.73. The average molecular weight is 358 g/mol. The van der Waals surface area contributed by atoms with Crippen molar-refractivity contribution in [1.29, 1.82) is 0 Å². The Bertz CT molecular complexity index is 492. The Kier molecular flexibility index (Phi) is 2.73. The Morgan fingerprint density at radius 1 is 1.35 bits per heavy atom. The van der Waals surface area contributed by atoms with Crippen LogP contribution in [-0.4, -0.2) is 17.3 Å². The second-order valence-corrected chi connectivity index (χ2v) is 4.61. The molecule has 1 atom stereocenters. The van der Waals surface area contributed by atoms with Gasteiger partial charge in [0.05, 0.1) is 11.3 Å². The first kappa shape index (κ1) is 12.4. The minimum atomic E-state index is -5.00. The lowest BCUT2D eigenvalue weighted by Crippen LogP contribution is -2.60. The van der Waals surface area contributed by atoms with E-state index in [1.165, 1.54) is 23.5 Å². The van der Waals surface area contributed by atoms with Crippen molar-refractivity contribution in [2.75, 3.05) is 5.32 Å². The van der Waals surface area contributed by atoms with Gasteiger partial charge in [0.2, 0.25) is 0 Å². The molecule has 0 saturated carbocycles. The molecule has 0 aliphatic carbocycles. The van der Waals surface area contributed by atoms with Crippen molar-refractivity contribution < 1.29 is 23.1 Å². The molecule has 92 valence electrons. The molecule has 8 heteroatoms. The third-order valence-electron chi connectivity index (χ3n) is 2.33. The number of amides is 2. The van der Waals surface area contributed by atoms with Crippen LogP contribution in [0.2, 0.25) is 0 Å². The number of anilines is 1. The first-order chi connectivity index (χ1) is 7.75. The zero-order valence-corrected chi connectivity index (χ0v) is 10.3. The van der Waals surface area contributed by atoms with Gasteiger partial charge >= 0.3 is 12.2 Å². The van der Waals surface area contributed by atoms with Crippen molar-refractivity contribution in [3.63, 3.8) is 0 Å². The highest BCUT2D eigenvalue weighted by Crippen LogP contribution is 2.43. The molecule has 1 aromatic carbocycles. The molecule has 2 rings (SSSR count). The van der Waals surface area contributed by atoms with Crippen LogP contribution in [0.25, 0.3) is 0 Å². The summed E-state index contributed by atoms with van der Waals surface area (Å²) in [5, 5.41) is 13.4. The second-order valence-electron chi connectivity index (χ2n) is 3.45. The van der Waals surface area contributed by atoms with Gasteiger partial charge in [0.1, 0.15) is 0 Å². The number of aliphatic hydroxyl groups is 1. The Morgan fingerprint density at radius 3 is 2.59 bits per heavy atom. The van der Waals surface area contributed by atoms with E-state index in [1.807, 2.05) is 0 Å². The predicted molar refractivity (Wildman–Crippen MR) is 61.3 cm³/mol. The minimum Gasteiger partial charge on any atom is -0.360 e. The Labute approximate surface area is 107 Å². The number of halogens is 4. The van der Waals surface area contributed by atoms with E-state index in [-0.39, 0.29) is 9.26 Å². The number of hydrogen-bond acceptors (Lipinski definition) is 2. The first-order valence-electron chi connectivity index (χ1n) is 4.43. The molecule has 1 aromatic rings. The monoisotopic (exact) mass is 358 g/mol. The van der Waals surface area contributed by atoms with Gasteiger partial charge in [-0.15, -0.1) is 0 Å². The van der Waals surface area contributed by atoms with Gasteiger partial charge in [-0.1, -0.05) is 6.07 Å². The molecule has 0 bridgehead atoms. The molecule has 0 radical (unpaired) electrons. The third-order valence-corrected chi connectivity index (χ3v) is 3.23. The average Bonchev–Trinajstić information content (AvgIpc) is 2.14. The van der Waals surface area contributed by atoms with Crippen molar-refractivity contribution in [1.82, 2.24) is 5.32 Å². The van der Waals surface area contributed by atoms with E-state index < -0.39 is 23.5 Å². The lowest BCUT2D eigenvalue weighted by atomic mass is 9.98. The van der Waals surface area contributed by atoms with Gasteiger partial charge < -0.3 is 10.4 Å². The summed E-state index contributed by atoms with van der Waals surface area (Å²) in [5.41, 5.74) is -3.81. The molecule has 17 heavy (non-hydrogen) atoms. The molecule has 1 aliphatic rings. The van der Waals surface area contributed by atoms with Crippen molar-refractivity contribution in [2.24, 2.45) is 0 Å². The molecule has 0 aromatic heterocycles.